The fraction of sp³-hybridized carbons (Fsp3) is 0.588. The Morgan fingerprint density at radius 3 is 2.50 bits per heavy atom. The lowest BCUT2D eigenvalue weighted by Gasteiger charge is -2.24. The molecule has 1 saturated carbocycles. The van der Waals surface area contributed by atoms with Crippen LogP contribution >= 0.6 is 0 Å². The van der Waals surface area contributed by atoms with Crippen molar-refractivity contribution in [1.82, 2.24) is 10.6 Å². The minimum atomic E-state index is -0.723. The number of hydrogen-bond acceptors (Lipinski definition) is 3. The second-order valence-corrected chi connectivity index (χ2v) is 6.37. The van der Waals surface area contributed by atoms with Gasteiger partial charge in [0.2, 0.25) is 0 Å². The fourth-order valence-electron chi connectivity index (χ4n) is 2.89. The first-order valence-corrected chi connectivity index (χ1v) is 7.86. The highest BCUT2D eigenvalue weighted by Crippen LogP contribution is 2.36. The van der Waals surface area contributed by atoms with Crippen LogP contribution in [0, 0.1) is 5.41 Å². The smallest absolute Gasteiger partial charge is 0.314 e. The van der Waals surface area contributed by atoms with Crippen LogP contribution in [0.2, 0.25) is 0 Å². The Hall–Kier alpha value is -1.75. The molecule has 0 bridgehead atoms. The van der Waals surface area contributed by atoms with Gasteiger partial charge in [0, 0.05) is 13.1 Å². The summed E-state index contributed by atoms with van der Waals surface area (Å²) in [6.45, 7) is 3.10. The Kier molecular flexibility index (Phi) is 5.66. The van der Waals surface area contributed by atoms with Gasteiger partial charge < -0.3 is 20.5 Å². The van der Waals surface area contributed by atoms with Gasteiger partial charge in [0.1, 0.15) is 5.75 Å². The maximum atomic E-state index is 11.8. The Balaban J connectivity index is 1.72. The molecule has 0 heterocycles. The molecule has 1 aromatic carbocycles. The third-order valence-electron chi connectivity index (χ3n) is 4.44. The van der Waals surface area contributed by atoms with Crippen LogP contribution in [-0.4, -0.2) is 31.3 Å². The molecule has 1 fully saturated rings. The number of carbonyl (C=O) groups is 1. The van der Waals surface area contributed by atoms with Gasteiger partial charge in [-0.1, -0.05) is 31.9 Å². The first-order valence-electron chi connectivity index (χ1n) is 7.86. The van der Waals surface area contributed by atoms with Crippen LogP contribution in [0.4, 0.5) is 4.79 Å². The molecule has 122 valence electrons. The van der Waals surface area contributed by atoms with Gasteiger partial charge in [0.05, 0.1) is 13.2 Å². The molecule has 0 spiro atoms. The van der Waals surface area contributed by atoms with Crippen LogP contribution in [0.5, 0.6) is 5.75 Å². The Labute approximate surface area is 132 Å². The van der Waals surface area contributed by atoms with Gasteiger partial charge in [-0.25, -0.2) is 4.79 Å². The van der Waals surface area contributed by atoms with Crippen LogP contribution in [0.1, 0.15) is 44.3 Å². The van der Waals surface area contributed by atoms with E-state index in [0.717, 1.165) is 11.3 Å². The maximum absolute atomic E-state index is 11.8. The number of rotatable bonds is 6. The molecule has 1 aromatic rings. The van der Waals surface area contributed by atoms with Crippen molar-refractivity contribution in [2.75, 3.05) is 20.2 Å². The van der Waals surface area contributed by atoms with Crippen molar-refractivity contribution in [1.29, 1.82) is 0 Å². The van der Waals surface area contributed by atoms with E-state index in [0.29, 0.717) is 6.54 Å². The molecule has 0 radical (unpaired) electrons. The van der Waals surface area contributed by atoms with Crippen molar-refractivity contribution in [3.63, 3.8) is 0 Å². The lowest BCUT2D eigenvalue weighted by Crippen LogP contribution is -2.42. The summed E-state index contributed by atoms with van der Waals surface area (Å²) in [5.74, 6) is 0.742. The molecule has 0 aliphatic heterocycles. The van der Waals surface area contributed by atoms with E-state index in [1.165, 1.54) is 25.7 Å². The number of aliphatic hydroxyl groups is 1. The summed E-state index contributed by atoms with van der Waals surface area (Å²) in [5, 5.41) is 15.7. The van der Waals surface area contributed by atoms with Gasteiger partial charge in [0.15, 0.2) is 0 Å². The van der Waals surface area contributed by atoms with E-state index in [1.54, 1.807) is 31.4 Å². The summed E-state index contributed by atoms with van der Waals surface area (Å²) in [7, 11) is 1.60. The van der Waals surface area contributed by atoms with Crippen molar-refractivity contribution in [3.8, 4) is 5.75 Å². The van der Waals surface area contributed by atoms with Crippen LogP contribution in [0.25, 0.3) is 0 Å². The molecule has 5 heteroatoms. The van der Waals surface area contributed by atoms with Crippen molar-refractivity contribution in [2.45, 2.75) is 38.7 Å². The standard InChI is InChI=1S/C17H26N2O3/c1-17(9-3-4-10-17)12-19-16(21)18-11-15(20)13-5-7-14(22-2)8-6-13/h5-8,15,20H,3-4,9-12H2,1-2H3,(H2,18,19,21). The molecule has 1 unspecified atom stereocenters. The van der Waals surface area contributed by atoms with E-state index in [2.05, 4.69) is 17.6 Å². The molecule has 2 amide bonds. The predicted molar refractivity (Wildman–Crippen MR) is 85.9 cm³/mol. The van der Waals surface area contributed by atoms with Gasteiger partial charge in [-0.05, 0) is 36.0 Å². The lowest BCUT2D eigenvalue weighted by atomic mass is 9.89. The lowest BCUT2D eigenvalue weighted by molar-refractivity contribution is 0.172. The summed E-state index contributed by atoms with van der Waals surface area (Å²) in [6, 6.07) is 6.95. The average molecular weight is 306 g/mol. The van der Waals surface area contributed by atoms with Crippen LogP contribution < -0.4 is 15.4 Å². The quantitative estimate of drug-likeness (QED) is 0.756. The average Bonchev–Trinajstić information content (AvgIpc) is 2.98. The number of urea groups is 1. The molecule has 5 nitrogen and oxygen atoms in total. The number of ether oxygens (including phenoxy) is 1. The zero-order chi connectivity index (χ0) is 16.0. The molecule has 0 aromatic heterocycles. The summed E-state index contributed by atoms with van der Waals surface area (Å²) in [5.41, 5.74) is 0.982. The number of aliphatic hydroxyl groups excluding tert-OH is 1. The molecular weight excluding hydrogens is 280 g/mol. The van der Waals surface area contributed by atoms with Gasteiger partial charge in [-0.15, -0.1) is 0 Å². The zero-order valence-corrected chi connectivity index (χ0v) is 13.4. The molecule has 3 N–H and O–H groups in total. The minimum Gasteiger partial charge on any atom is -0.497 e. The van der Waals surface area contributed by atoms with Crippen molar-refractivity contribution >= 4 is 6.03 Å². The van der Waals surface area contributed by atoms with Crippen LogP contribution in [0.3, 0.4) is 0 Å². The first kappa shape index (κ1) is 16.6. The maximum Gasteiger partial charge on any atom is 0.314 e. The Morgan fingerprint density at radius 1 is 1.27 bits per heavy atom. The highest BCUT2D eigenvalue weighted by atomic mass is 16.5. The third-order valence-corrected chi connectivity index (χ3v) is 4.44. The van der Waals surface area contributed by atoms with E-state index < -0.39 is 6.10 Å². The molecule has 1 atom stereocenters. The summed E-state index contributed by atoms with van der Waals surface area (Å²) in [4.78, 5) is 11.8. The van der Waals surface area contributed by atoms with Gasteiger partial charge in [-0.3, -0.25) is 0 Å². The van der Waals surface area contributed by atoms with Gasteiger partial charge in [0.25, 0.3) is 0 Å². The van der Waals surface area contributed by atoms with Crippen molar-refractivity contribution in [2.24, 2.45) is 5.41 Å². The number of carbonyl (C=O) groups excluding carboxylic acids is 1. The van der Waals surface area contributed by atoms with Crippen molar-refractivity contribution < 1.29 is 14.6 Å². The predicted octanol–water partition coefficient (Wildman–Crippen LogP) is 2.61. The van der Waals surface area contributed by atoms with Gasteiger partial charge in [-0.2, -0.15) is 0 Å². The minimum absolute atomic E-state index is 0.189. The number of benzene rings is 1. The normalized spacial score (nSPS) is 17.8. The van der Waals surface area contributed by atoms with E-state index in [4.69, 9.17) is 4.74 Å². The van der Waals surface area contributed by atoms with Crippen LogP contribution in [-0.2, 0) is 0 Å². The zero-order valence-electron chi connectivity index (χ0n) is 13.4. The fourth-order valence-corrected chi connectivity index (χ4v) is 2.89. The number of nitrogens with one attached hydrogen (secondary N) is 2. The monoisotopic (exact) mass is 306 g/mol. The highest BCUT2D eigenvalue weighted by Gasteiger charge is 2.28. The second-order valence-electron chi connectivity index (χ2n) is 6.37. The molecule has 1 aliphatic rings. The molecule has 22 heavy (non-hydrogen) atoms. The Morgan fingerprint density at radius 2 is 1.91 bits per heavy atom. The molecular formula is C17H26N2O3. The number of methoxy groups -OCH3 is 1. The van der Waals surface area contributed by atoms with Crippen molar-refractivity contribution in [3.05, 3.63) is 29.8 Å². The van der Waals surface area contributed by atoms with Gasteiger partial charge >= 0.3 is 6.03 Å². The number of hydrogen-bond donors (Lipinski definition) is 3. The molecule has 0 saturated heterocycles. The van der Waals surface area contributed by atoms with E-state index in [9.17, 15) is 9.90 Å². The first-order chi connectivity index (χ1) is 10.5. The summed E-state index contributed by atoms with van der Waals surface area (Å²) < 4.78 is 5.08. The third kappa shape index (κ3) is 4.63. The Bertz CT molecular complexity index is 481. The summed E-state index contributed by atoms with van der Waals surface area (Å²) >= 11 is 0. The summed E-state index contributed by atoms with van der Waals surface area (Å²) in [6.07, 6.45) is 4.11. The van der Waals surface area contributed by atoms with E-state index in [1.807, 2.05) is 0 Å². The van der Waals surface area contributed by atoms with E-state index >= 15 is 0 Å². The largest absolute Gasteiger partial charge is 0.497 e. The molecule has 2 rings (SSSR count). The second kappa shape index (κ2) is 7.49. The molecule has 1 aliphatic carbocycles. The SMILES string of the molecule is COc1ccc(C(O)CNC(=O)NCC2(C)CCCC2)cc1. The highest BCUT2D eigenvalue weighted by molar-refractivity contribution is 5.73. The number of amides is 2. The topological polar surface area (TPSA) is 70.6 Å². The van der Waals surface area contributed by atoms with E-state index in [-0.39, 0.29) is 18.0 Å². The van der Waals surface area contributed by atoms with Crippen LogP contribution in [0.15, 0.2) is 24.3 Å².